The number of hydrogen-bond acceptors (Lipinski definition) is 2. The summed E-state index contributed by atoms with van der Waals surface area (Å²) < 4.78 is 5.11. The molecule has 2 atom stereocenters. The van der Waals surface area contributed by atoms with Crippen LogP contribution in [0.25, 0.3) is 0 Å². The van der Waals surface area contributed by atoms with Crippen molar-refractivity contribution in [3.05, 3.63) is 0 Å². The van der Waals surface area contributed by atoms with Crippen LogP contribution < -0.4 is 5.32 Å². The van der Waals surface area contributed by atoms with Gasteiger partial charge in [-0.1, -0.05) is 20.3 Å². The first kappa shape index (κ1) is 12.9. The van der Waals surface area contributed by atoms with Crippen molar-refractivity contribution in [3.63, 3.8) is 0 Å². The van der Waals surface area contributed by atoms with Crippen molar-refractivity contribution in [2.24, 2.45) is 5.92 Å². The molecule has 0 radical (unpaired) electrons. The second-order valence-corrected chi connectivity index (χ2v) is 3.91. The smallest absolute Gasteiger partial charge is 0.0487 e. The topological polar surface area (TPSA) is 21.3 Å². The average molecular weight is 187 g/mol. The molecule has 13 heavy (non-hydrogen) atoms. The van der Waals surface area contributed by atoms with Gasteiger partial charge in [0.15, 0.2) is 0 Å². The summed E-state index contributed by atoms with van der Waals surface area (Å²) in [4.78, 5) is 0. The standard InChI is InChI=1S/C11H25NO/c1-5-6-11(12-3)8-7-10(2)9-13-4/h10-12H,5-9H2,1-4H3. The zero-order valence-electron chi connectivity index (χ0n) is 9.60. The number of hydrogen-bond donors (Lipinski definition) is 1. The summed E-state index contributed by atoms with van der Waals surface area (Å²) in [6, 6.07) is 0.698. The van der Waals surface area contributed by atoms with E-state index < -0.39 is 0 Å². The molecule has 0 aliphatic rings. The van der Waals surface area contributed by atoms with Crippen molar-refractivity contribution in [1.29, 1.82) is 0 Å². The zero-order valence-corrected chi connectivity index (χ0v) is 9.60. The Morgan fingerprint density at radius 2 is 1.92 bits per heavy atom. The molecule has 0 fully saturated rings. The maximum atomic E-state index is 5.11. The second kappa shape index (κ2) is 8.52. The van der Waals surface area contributed by atoms with Gasteiger partial charge in [-0.15, -0.1) is 0 Å². The fraction of sp³-hybridized carbons (Fsp3) is 1.00. The molecule has 2 unspecified atom stereocenters. The van der Waals surface area contributed by atoms with Crippen molar-refractivity contribution in [2.75, 3.05) is 20.8 Å². The maximum absolute atomic E-state index is 5.11. The first-order valence-electron chi connectivity index (χ1n) is 5.40. The Morgan fingerprint density at radius 3 is 2.38 bits per heavy atom. The highest BCUT2D eigenvalue weighted by Gasteiger charge is 2.07. The molecule has 0 aliphatic heterocycles. The van der Waals surface area contributed by atoms with Crippen LogP contribution in [0.2, 0.25) is 0 Å². The van der Waals surface area contributed by atoms with Gasteiger partial charge < -0.3 is 10.1 Å². The number of ether oxygens (including phenoxy) is 1. The Kier molecular flexibility index (Phi) is 8.46. The van der Waals surface area contributed by atoms with Crippen LogP contribution in [0.5, 0.6) is 0 Å². The van der Waals surface area contributed by atoms with Crippen molar-refractivity contribution >= 4 is 0 Å². The Morgan fingerprint density at radius 1 is 1.23 bits per heavy atom. The van der Waals surface area contributed by atoms with Gasteiger partial charge in [0.25, 0.3) is 0 Å². The van der Waals surface area contributed by atoms with E-state index in [-0.39, 0.29) is 0 Å². The molecule has 0 spiro atoms. The Labute approximate surface area is 83.1 Å². The van der Waals surface area contributed by atoms with Gasteiger partial charge >= 0.3 is 0 Å². The normalized spacial score (nSPS) is 15.7. The lowest BCUT2D eigenvalue weighted by molar-refractivity contribution is 0.152. The van der Waals surface area contributed by atoms with Gasteiger partial charge in [-0.2, -0.15) is 0 Å². The molecular weight excluding hydrogens is 162 g/mol. The van der Waals surface area contributed by atoms with Gasteiger partial charge in [-0.05, 0) is 32.2 Å². The van der Waals surface area contributed by atoms with Crippen LogP contribution >= 0.6 is 0 Å². The lowest BCUT2D eigenvalue weighted by Crippen LogP contribution is -2.25. The van der Waals surface area contributed by atoms with E-state index in [4.69, 9.17) is 4.74 Å². The summed E-state index contributed by atoms with van der Waals surface area (Å²) in [5, 5.41) is 3.36. The van der Waals surface area contributed by atoms with E-state index in [2.05, 4.69) is 26.2 Å². The van der Waals surface area contributed by atoms with Gasteiger partial charge in [0, 0.05) is 19.8 Å². The van der Waals surface area contributed by atoms with Crippen molar-refractivity contribution in [3.8, 4) is 0 Å². The van der Waals surface area contributed by atoms with E-state index in [1.165, 1.54) is 25.7 Å². The predicted octanol–water partition coefficient (Wildman–Crippen LogP) is 2.44. The van der Waals surface area contributed by atoms with E-state index in [0.29, 0.717) is 12.0 Å². The second-order valence-electron chi connectivity index (χ2n) is 3.91. The molecular formula is C11H25NO. The molecule has 0 saturated heterocycles. The lowest BCUT2D eigenvalue weighted by Gasteiger charge is -2.17. The summed E-state index contributed by atoms with van der Waals surface area (Å²) in [6.07, 6.45) is 5.09. The summed E-state index contributed by atoms with van der Waals surface area (Å²) in [6.45, 7) is 5.38. The Bertz CT molecular complexity index is 106. The third-order valence-electron chi connectivity index (χ3n) is 2.50. The monoisotopic (exact) mass is 187 g/mol. The molecule has 0 aliphatic carbocycles. The number of methoxy groups -OCH3 is 1. The molecule has 0 amide bonds. The zero-order chi connectivity index (χ0) is 10.1. The molecule has 0 heterocycles. The minimum absolute atomic E-state index is 0.692. The number of rotatable bonds is 8. The van der Waals surface area contributed by atoms with Crippen LogP contribution in [0, 0.1) is 5.92 Å². The van der Waals surface area contributed by atoms with Crippen molar-refractivity contribution in [1.82, 2.24) is 5.32 Å². The summed E-state index contributed by atoms with van der Waals surface area (Å²) in [5.74, 6) is 0.692. The quantitative estimate of drug-likeness (QED) is 0.630. The highest BCUT2D eigenvalue weighted by molar-refractivity contribution is 4.65. The van der Waals surface area contributed by atoms with Gasteiger partial charge in [-0.3, -0.25) is 0 Å². The van der Waals surface area contributed by atoms with Crippen LogP contribution in [0.1, 0.15) is 39.5 Å². The van der Waals surface area contributed by atoms with Gasteiger partial charge in [-0.25, -0.2) is 0 Å². The fourth-order valence-electron chi connectivity index (χ4n) is 1.64. The van der Waals surface area contributed by atoms with Crippen molar-refractivity contribution < 1.29 is 4.74 Å². The van der Waals surface area contributed by atoms with E-state index in [1.807, 2.05) is 0 Å². The molecule has 0 saturated carbocycles. The third kappa shape index (κ3) is 7.03. The minimum Gasteiger partial charge on any atom is -0.384 e. The Hall–Kier alpha value is -0.0800. The van der Waals surface area contributed by atoms with E-state index in [9.17, 15) is 0 Å². The van der Waals surface area contributed by atoms with E-state index in [0.717, 1.165) is 6.61 Å². The van der Waals surface area contributed by atoms with Gasteiger partial charge in [0.1, 0.15) is 0 Å². The molecule has 80 valence electrons. The summed E-state index contributed by atoms with van der Waals surface area (Å²) in [7, 11) is 3.83. The maximum Gasteiger partial charge on any atom is 0.0487 e. The number of nitrogens with one attached hydrogen (secondary N) is 1. The Balaban J connectivity index is 3.46. The molecule has 2 nitrogen and oxygen atoms in total. The van der Waals surface area contributed by atoms with Crippen LogP contribution in [-0.2, 0) is 4.74 Å². The van der Waals surface area contributed by atoms with E-state index >= 15 is 0 Å². The largest absolute Gasteiger partial charge is 0.384 e. The molecule has 0 rings (SSSR count). The highest BCUT2D eigenvalue weighted by atomic mass is 16.5. The SMILES string of the molecule is CCCC(CCC(C)COC)NC. The van der Waals surface area contributed by atoms with Crippen LogP contribution in [0.4, 0.5) is 0 Å². The van der Waals surface area contributed by atoms with Gasteiger partial charge in [0.05, 0.1) is 0 Å². The summed E-state index contributed by atoms with van der Waals surface area (Å²) >= 11 is 0. The molecule has 0 aromatic carbocycles. The fourth-order valence-corrected chi connectivity index (χ4v) is 1.64. The molecule has 0 aromatic rings. The molecule has 0 aromatic heterocycles. The lowest BCUT2D eigenvalue weighted by atomic mass is 10.00. The highest BCUT2D eigenvalue weighted by Crippen LogP contribution is 2.11. The summed E-state index contributed by atoms with van der Waals surface area (Å²) in [5.41, 5.74) is 0. The first-order chi connectivity index (χ1) is 6.24. The van der Waals surface area contributed by atoms with Gasteiger partial charge in [0.2, 0.25) is 0 Å². The third-order valence-corrected chi connectivity index (χ3v) is 2.50. The van der Waals surface area contributed by atoms with Crippen molar-refractivity contribution in [2.45, 2.75) is 45.6 Å². The van der Waals surface area contributed by atoms with Crippen LogP contribution in [-0.4, -0.2) is 26.8 Å². The van der Waals surface area contributed by atoms with Crippen LogP contribution in [0.15, 0.2) is 0 Å². The first-order valence-corrected chi connectivity index (χ1v) is 5.40. The predicted molar refractivity (Wildman–Crippen MR) is 58.0 cm³/mol. The molecule has 1 N–H and O–H groups in total. The molecule has 2 heteroatoms. The van der Waals surface area contributed by atoms with E-state index in [1.54, 1.807) is 7.11 Å². The van der Waals surface area contributed by atoms with Crippen LogP contribution in [0.3, 0.4) is 0 Å². The minimum atomic E-state index is 0.692. The molecule has 0 bridgehead atoms. The average Bonchev–Trinajstić information content (AvgIpc) is 2.12.